The number of methoxy groups -OCH3 is 1. The molecule has 57 heavy (non-hydrogen) atoms. The smallest absolute Gasteiger partial charge is 0.222 e. The molecule has 0 radical (unpaired) electrons. The van der Waals surface area contributed by atoms with Crippen molar-refractivity contribution in [2.75, 3.05) is 26.7 Å². The van der Waals surface area contributed by atoms with Crippen molar-refractivity contribution in [1.82, 2.24) is 9.80 Å². The molecule has 1 N–H and O–H groups in total. The lowest BCUT2D eigenvalue weighted by molar-refractivity contribution is -0.143. The second-order valence-corrected chi connectivity index (χ2v) is 17.1. The van der Waals surface area contributed by atoms with Gasteiger partial charge in [-0.25, -0.2) is 0 Å². The first-order chi connectivity index (χ1) is 28.0. The highest BCUT2D eigenvalue weighted by atomic mass is 16.5. The highest BCUT2D eigenvalue weighted by Gasteiger charge is 2.67. The van der Waals surface area contributed by atoms with E-state index in [1.54, 1.807) is 13.2 Å². The Balaban J connectivity index is 1.03. The average molecular weight is 767 g/mol. The van der Waals surface area contributed by atoms with Crippen LogP contribution in [0.5, 0.6) is 17.2 Å². The van der Waals surface area contributed by atoms with Crippen molar-refractivity contribution in [1.29, 1.82) is 0 Å². The zero-order valence-electron chi connectivity index (χ0n) is 34.0. The molecule has 6 nitrogen and oxygen atoms in total. The monoisotopic (exact) mass is 766 g/mol. The summed E-state index contributed by atoms with van der Waals surface area (Å²) in [5.41, 5.74) is 5.74. The van der Waals surface area contributed by atoms with Gasteiger partial charge in [-0.15, -0.1) is 6.58 Å². The number of aryl methyl sites for hydroxylation is 1. The molecule has 5 atom stereocenters. The number of ether oxygens (including phenoxy) is 2. The molecule has 2 bridgehead atoms. The van der Waals surface area contributed by atoms with Crippen molar-refractivity contribution >= 4 is 5.91 Å². The Labute approximate surface area is 340 Å². The first kappa shape index (κ1) is 39.3. The molecule has 1 saturated heterocycles. The van der Waals surface area contributed by atoms with Gasteiger partial charge in [-0.2, -0.15) is 0 Å². The van der Waals surface area contributed by atoms with Gasteiger partial charge >= 0.3 is 0 Å². The normalized spacial score (nSPS) is 23.1. The van der Waals surface area contributed by atoms with Crippen LogP contribution in [0.4, 0.5) is 0 Å². The lowest BCUT2D eigenvalue weighted by Gasteiger charge is -2.60. The fourth-order valence-electron chi connectivity index (χ4n) is 11.4. The highest BCUT2D eigenvalue weighted by Crippen LogP contribution is 2.65. The molecule has 300 valence electrons. The fourth-order valence-corrected chi connectivity index (χ4v) is 11.4. The maximum Gasteiger partial charge on any atom is 0.222 e. The van der Waals surface area contributed by atoms with E-state index < -0.39 is 0 Å². The summed E-state index contributed by atoms with van der Waals surface area (Å²) in [7, 11) is 1.67. The summed E-state index contributed by atoms with van der Waals surface area (Å²) in [6.07, 6.45) is 16.6. The van der Waals surface area contributed by atoms with Gasteiger partial charge in [0.15, 0.2) is 11.5 Å². The molecule has 4 aliphatic rings. The number of carbonyl (C=O) groups is 1. The number of hydrogen-bond acceptors (Lipinski definition) is 5. The summed E-state index contributed by atoms with van der Waals surface area (Å²) in [5, 5.41) is 11.5. The van der Waals surface area contributed by atoms with Crippen LogP contribution >= 0.6 is 0 Å². The Bertz CT molecular complexity index is 1910. The van der Waals surface area contributed by atoms with E-state index in [4.69, 9.17) is 9.47 Å². The number of rotatable bonds is 19. The van der Waals surface area contributed by atoms with Gasteiger partial charge in [0.05, 0.1) is 13.2 Å². The van der Waals surface area contributed by atoms with E-state index in [2.05, 4.69) is 107 Å². The third-order valence-corrected chi connectivity index (χ3v) is 14.0. The molecule has 2 heterocycles. The summed E-state index contributed by atoms with van der Waals surface area (Å²) >= 11 is 0. The third-order valence-electron chi connectivity index (χ3n) is 14.0. The zero-order valence-corrected chi connectivity index (χ0v) is 34.0. The minimum atomic E-state index is -0.297. The number of nitrogens with zero attached hydrogens (tertiary/aromatic N) is 2. The van der Waals surface area contributed by atoms with Gasteiger partial charge in [-0.1, -0.05) is 136 Å². The van der Waals surface area contributed by atoms with E-state index >= 15 is 0 Å². The number of hydrogen-bond donors (Lipinski definition) is 1. The number of carbonyl (C=O) groups excluding carboxylic acids is 1. The van der Waals surface area contributed by atoms with E-state index in [0.29, 0.717) is 30.4 Å². The first-order valence-corrected chi connectivity index (χ1v) is 21.9. The van der Waals surface area contributed by atoms with Gasteiger partial charge in [0.2, 0.25) is 5.91 Å². The largest absolute Gasteiger partial charge is 0.508 e. The van der Waals surface area contributed by atoms with Crippen molar-refractivity contribution in [3.05, 3.63) is 138 Å². The molecule has 0 unspecified atom stereocenters. The molecular weight excluding hydrogens is 705 g/mol. The van der Waals surface area contributed by atoms with Crippen LogP contribution in [0, 0.1) is 5.92 Å². The number of aromatic hydroxyl groups is 1. The highest BCUT2D eigenvalue weighted by molar-refractivity contribution is 5.77. The molecule has 6 heteroatoms. The maximum atomic E-state index is 15.0. The Hall–Kier alpha value is -4.55. The van der Waals surface area contributed by atoms with E-state index in [0.717, 1.165) is 68.5 Å². The van der Waals surface area contributed by atoms with Gasteiger partial charge in [0, 0.05) is 54.1 Å². The van der Waals surface area contributed by atoms with Gasteiger partial charge in [0.1, 0.15) is 11.9 Å². The Morgan fingerprint density at radius 2 is 1.54 bits per heavy atom. The number of amides is 1. The van der Waals surface area contributed by atoms with Crippen molar-refractivity contribution in [3.63, 3.8) is 0 Å². The Kier molecular flexibility index (Phi) is 12.4. The van der Waals surface area contributed by atoms with Gasteiger partial charge in [-0.3, -0.25) is 9.69 Å². The first-order valence-electron chi connectivity index (χ1n) is 21.9. The van der Waals surface area contributed by atoms with Crippen LogP contribution in [0.25, 0.3) is 0 Å². The van der Waals surface area contributed by atoms with Crippen molar-refractivity contribution in [2.24, 2.45) is 5.92 Å². The molecule has 4 aromatic rings. The molecule has 2 aliphatic heterocycles. The second kappa shape index (κ2) is 17.9. The van der Waals surface area contributed by atoms with Crippen LogP contribution in [0.15, 0.2) is 110 Å². The van der Waals surface area contributed by atoms with Crippen LogP contribution in [-0.4, -0.2) is 65.7 Å². The molecule has 4 aromatic carbocycles. The maximum absolute atomic E-state index is 15.0. The second-order valence-electron chi connectivity index (χ2n) is 17.1. The average Bonchev–Trinajstić information content (AvgIpc) is 3.59. The number of benzene rings is 4. The summed E-state index contributed by atoms with van der Waals surface area (Å²) in [4.78, 5) is 19.8. The molecule has 1 spiro atoms. The predicted molar refractivity (Wildman–Crippen MR) is 229 cm³/mol. The Morgan fingerprint density at radius 3 is 2.19 bits per heavy atom. The molecule has 2 aliphatic carbocycles. The van der Waals surface area contributed by atoms with E-state index in [-0.39, 0.29) is 35.4 Å². The van der Waals surface area contributed by atoms with Crippen molar-refractivity contribution < 1.29 is 19.4 Å². The number of phenols is 1. The zero-order chi connectivity index (χ0) is 39.2. The van der Waals surface area contributed by atoms with Crippen LogP contribution in [0.2, 0.25) is 0 Å². The quantitative estimate of drug-likeness (QED) is 0.0761. The van der Waals surface area contributed by atoms with Crippen LogP contribution < -0.4 is 9.47 Å². The topological polar surface area (TPSA) is 62.2 Å². The lowest BCUT2D eigenvalue weighted by atomic mass is 9.50. The summed E-state index contributed by atoms with van der Waals surface area (Å²) in [5.74, 6) is 2.31. The van der Waals surface area contributed by atoms with Crippen LogP contribution in [0.3, 0.4) is 0 Å². The third kappa shape index (κ3) is 7.87. The lowest BCUT2D eigenvalue weighted by Crippen LogP contribution is -2.69. The molecule has 2 fully saturated rings. The van der Waals surface area contributed by atoms with Crippen molar-refractivity contribution in [3.8, 4) is 17.2 Å². The van der Waals surface area contributed by atoms with Gasteiger partial charge < -0.3 is 19.5 Å². The minimum absolute atomic E-state index is 0.0277. The van der Waals surface area contributed by atoms with E-state index in [9.17, 15) is 9.90 Å². The van der Waals surface area contributed by atoms with E-state index in [1.165, 1.54) is 61.6 Å². The molecular formula is C51H62N2O4. The number of likely N-dealkylation sites (tertiary alicyclic amines) is 1. The number of unbranched alkanes of at least 4 members (excludes halogenated alkanes) is 7. The summed E-state index contributed by atoms with van der Waals surface area (Å²) < 4.78 is 13.2. The number of phenolic OH excluding ortho intramolecular Hbond substituents is 1. The standard InChI is InChI=1S/C51H62N2O4/c1-3-32-52-33-31-51-42-29-30-43(50(51)57-49-46(56-2)35-45(54)40(48(49)51)34-44(42)52)53(36-41(38-24-16-11-17-25-38)39-26-18-12-19-27-39)47(55)28-20-9-7-5-4-6-8-13-21-37-22-14-10-15-23-37/h3,10-12,14-19,22-27,35,41-44,50,54H,1,4-9,13,20-21,28-34,36H2,2H3/t42-,43-,44+,50-,51-/m0/s1. The van der Waals surface area contributed by atoms with Crippen LogP contribution in [-0.2, 0) is 23.1 Å². The van der Waals surface area contributed by atoms with Crippen LogP contribution in [0.1, 0.15) is 111 Å². The Morgan fingerprint density at radius 1 is 0.912 bits per heavy atom. The van der Waals surface area contributed by atoms with Gasteiger partial charge in [-0.05, 0) is 74.1 Å². The molecule has 8 rings (SSSR count). The van der Waals surface area contributed by atoms with E-state index in [1.807, 2.05) is 6.08 Å². The summed E-state index contributed by atoms with van der Waals surface area (Å²) in [6.45, 7) is 6.46. The fraction of sp³-hybridized carbons (Fsp3) is 0.471. The van der Waals surface area contributed by atoms with Crippen molar-refractivity contribution in [2.45, 2.75) is 119 Å². The minimum Gasteiger partial charge on any atom is -0.508 e. The SMILES string of the molecule is C=CCN1CC[C@]23c4c5c(O)cc(OC)c4O[C@H]2[C@@H](N(CC(c2ccccc2)c2ccccc2)C(=O)CCCCCCCCCCc2ccccc2)CC[C@H]3[C@H]1C5. The predicted octanol–water partition coefficient (Wildman–Crippen LogP) is 10.4. The molecule has 0 aromatic heterocycles. The molecule has 1 saturated carbocycles. The summed E-state index contributed by atoms with van der Waals surface area (Å²) in [6, 6.07) is 34.2. The number of piperidine rings is 1. The molecule has 1 amide bonds. The van der Waals surface area contributed by atoms with Gasteiger partial charge in [0.25, 0.3) is 0 Å².